The summed E-state index contributed by atoms with van der Waals surface area (Å²) in [5.41, 5.74) is 1.86. The van der Waals surface area contributed by atoms with Crippen LogP contribution in [0.3, 0.4) is 0 Å². The Morgan fingerprint density at radius 2 is 1.85 bits per heavy atom. The Balaban J connectivity index is 1.73. The van der Waals surface area contributed by atoms with Gasteiger partial charge in [0.2, 0.25) is 0 Å². The highest BCUT2D eigenvalue weighted by atomic mass is 35.5. The zero-order valence-corrected chi connectivity index (χ0v) is 17.1. The van der Waals surface area contributed by atoms with E-state index in [-0.39, 0.29) is 11.1 Å². The van der Waals surface area contributed by atoms with Gasteiger partial charge in [0.15, 0.2) is 0 Å². The van der Waals surface area contributed by atoms with Crippen LogP contribution in [0.15, 0.2) is 58.2 Å². The first kappa shape index (κ1) is 21.4. The van der Waals surface area contributed by atoms with Gasteiger partial charge in [0.1, 0.15) is 29.2 Å². The Bertz CT molecular complexity index is 752. The average Bonchev–Trinajstić information content (AvgIpc) is 2.63. The first-order valence-electron chi connectivity index (χ1n) is 8.33. The molecule has 144 valence electrons. The fraction of sp³-hybridized carbons (Fsp3) is 0.250. The molecule has 4 nitrogen and oxygen atoms in total. The predicted molar refractivity (Wildman–Crippen MR) is 112 cm³/mol. The van der Waals surface area contributed by atoms with Crippen molar-refractivity contribution in [3.05, 3.63) is 69.2 Å². The van der Waals surface area contributed by atoms with Gasteiger partial charge in [-0.1, -0.05) is 70.3 Å². The molecule has 0 unspecified atom stereocenters. The maximum Gasteiger partial charge on any atom is 0.141 e. The Labute approximate surface area is 174 Å². The Morgan fingerprint density at radius 3 is 2.56 bits per heavy atom. The van der Waals surface area contributed by atoms with E-state index < -0.39 is 0 Å². The van der Waals surface area contributed by atoms with Gasteiger partial charge in [-0.25, -0.2) is 0 Å². The quantitative estimate of drug-likeness (QED) is 0.258. The SMILES string of the molecule is Cc1cc(OCC=C(Cl)Cl)cc(Cl)c1OCCCON=Cc1ccccc1. The van der Waals surface area contributed by atoms with Crippen LogP contribution < -0.4 is 9.47 Å². The number of hydrogen-bond acceptors (Lipinski definition) is 4. The number of benzene rings is 2. The third-order valence-electron chi connectivity index (χ3n) is 3.39. The lowest BCUT2D eigenvalue weighted by Gasteiger charge is -2.13. The van der Waals surface area contributed by atoms with Gasteiger partial charge in [-0.2, -0.15) is 0 Å². The second-order valence-electron chi connectivity index (χ2n) is 5.54. The van der Waals surface area contributed by atoms with Crippen molar-refractivity contribution in [1.82, 2.24) is 0 Å². The molecule has 0 aliphatic rings. The number of aryl methyl sites for hydroxylation is 1. The van der Waals surface area contributed by atoms with Crippen LogP contribution in [0.5, 0.6) is 11.5 Å². The zero-order chi connectivity index (χ0) is 19.5. The number of oxime groups is 1. The van der Waals surface area contributed by atoms with Gasteiger partial charge in [0.25, 0.3) is 0 Å². The van der Waals surface area contributed by atoms with Crippen molar-refractivity contribution >= 4 is 41.0 Å². The van der Waals surface area contributed by atoms with Gasteiger partial charge in [-0.15, -0.1) is 0 Å². The summed E-state index contributed by atoms with van der Waals surface area (Å²) in [6.07, 6.45) is 3.91. The van der Waals surface area contributed by atoms with Gasteiger partial charge in [-0.05, 0) is 30.2 Å². The molecule has 0 radical (unpaired) electrons. The summed E-state index contributed by atoms with van der Waals surface area (Å²) >= 11 is 17.4. The number of ether oxygens (including phenoxy) is 2. The molecule has 0 saturated heterocycles. The summed E-state index contributed by atoms with van der Waals surface area (Å²) in [4.78, 5) is 5.23. The van der Waals surface area contributed by atoms with Crippen LogP contribution in [0.1, 0.15) is 17.5 Å². The predicted octanol–water partition coefficient (Wildman–Crippen LogP) is 6.17. The monoisotopic (exact) mass is 427 g/mol. The Hall–Kier alpha value is -1.88. The van der Waals surface area contributed by atoms with Crippen molar-refractivity contribution < 1.29 is 14.3 Å². The van der Waals surface area contributed by atoms with Crippen molar-refractivity contribution in [2.45, 2.75) is 13.3 Å². The highest BCUT2D eigenvalue weighted by Crippen LogP contribution is 2.33. The van der Waals surface area contributed by atoms with Crippen molar-refractivity contribution in [2.75, 3.05) is 19.8 Å². The van der Waals surface area contributed by atoms with E-state index in [9.17, 15) is 0 Å². The molecule has 27 heavy (non-hydrogen) atoms. The first-order valence-corrected chi connectivity index (χ1v) is 9.47. The topological polar surface area (TPSA) is 40.0 Å². The molecule has 0 heterocycles. The van der Waals surface area contributed by atoms with Crippen LogP contribution >= 0.6 is 34.8 Å². The molecule has 2 aromatic carbocycles. The van der Waals surface area contributed by atoms with E-state index in [1.54, 1.807) is 18.4 Å². The largest absolute Gasteiger partial charge is 0.492 e. The van der Waals surface area contributed by atoms with Crippen molar-refractivity contribution in [3.63, 3.8) is 0 Å². The fourth-order valence-corrected chi connectivity index (χ4v) is 2.59. The van der Waals surface area contributed by atoms with Crippen LogP contribution in [0, 0.1) is 6.92 Å². The number of nitrogens with zero attached hydrogens (tertiary/aromatic N) is 1. The molecule has 7 heteroatoms. The third kappa shape index (κ3) is 8.12. The molecular formula is C20H20Cl3NO3. The highest BCUT2D eigenvalue weighted by molar-refractivity contribution is 6.55. The van der Waals surface area contributed by atoms with E-state index in [2.05, 4.69) is 5.16 Å². The van der Waals surface area contributed by atoms with Gasteiger partial charge < -0.3 is 14.3 Å². The number of hydrogen-bond donors (Lipinski definition) is 0. The molecule has 0 bridgehead atoms. The molecule has 0 fully saturated rings. The van der Waals surface area contributed by atoms with Gasteiger partial charge in [-0.3, -0.25) is 0 Å². The second-order valence-corrected chi connectivity index (χ2v) is 6.95. The van der Waals surface area contributed by atoms with Crippen molar-refractivity contribution in [1.29, 1.82) is 0 Å². The minimum Gasteiger partial charge on any atom is -0.492 e. The van der Waals surface area contributed by atoms with Gasteiger partial charge in [0, 0.05) is 12.5 Å². The van der Waals surface area contributed by atoms with E-state index in [1.807, 2.05) is 43.3 Å². The molecule has 0 spiro atoms. The number of rotatable bonds is 10. The lowest BCUT2D eigenvalue weighted by atomic mass is 10.2. The summed E-state index contributed by atoms with van der Waals surface area (Å²) in [6, 6.07) is 13.3. The summed E-state index contributed by atoms with van der Waals surface area (Å²) in [7, 11) is 0. The zero-order valence-electron chi connectivity index (χ0n) is 14.8. The summed E-state index contributed by atoms with van der Waals surface area (Å²) in [5.74, 6) is 1.25. The van der Waals surface area contributed by atoms with E-state index in [4.69, 9.17) is 49.1 Å². The molecule has 2 aromatic rings. The van der Waals surface area contributed by atoms with Crippen molar-refractivity contribution in [2.24, 2.45) is 5.16 Å². The Morgan fingerprint density at radius 1 is 1.07 bits per heavy atom. The van der Waals surface area contributed by atoms with Crippen molar-refractivity contribution in [3.8, 4) is 11.5 Å². The standard InChI is InChI=1S/C20H20Cl3NO3/c1-15-12-17(25-11-8-19(22)23)13-18(21)20(15)26-9-5-10-27-24-14-16-6-3-2-4-7-16/h2-4,6-8,12-14H,5,9-11H2,1H3. The second kappa shape index (κ2) is 11.8. The normalized spacial score (nSPS) is 10.7. The third-order valence-corrected chi connectivity index (χ3v) is 3.98. The lowest BCUT2D eigenvalue weighted by Crippen LogP contribution is -2.03. The minimum atomic E-state index is 0.160. The molecule has 0 aromatic heterocycles. The maximum absolute atomic E-state index is 6.28. The molecule has 0 saturated carbocycles. The average molecular weight is 429 g/mol. The Kier molecular flexibility index (Phi) is 9.32. The molecule has 0 N–H and O–H groups in total. The minimum absolute atomic E-state index is 0.160. The summed E-state index contributed by atoms with van der Waals surface area (Å²) in [6.45, 7) is 3.08. The van der Waals surface area contributed by atoms with Crippen LogP contribution in [0.4, 0.5) is 0 Å². The van der Waals surface area contributed by atoms with Crippen LogP contribution in [-0.2, 0) is 4.84 Å². The van der Waals surface area contributed by atoms with Crippen LogP contribution in [-0.4, -0.2) is 26.0 Å². The van der Waals surface area contributed by atoms with E-state index >= 15 is 0 Å². The van der Waals surface area contributed by atoms with E-state index in [1.165, 1.54) is 0 Å². The van der Waals surface area contributed by atoms with E-state index in [0.717, 1.165) is 11.1 Å². The maximum atomic E-state index is 6.28. The van der Waals surface area contributed by atoms with Gasteiger partial charge in [0.05, 0.1) is 17.8 Å². The molecule has 0 aliphatic carbocycles. The lowest BCUT2D eigenvalue weighted by molar-refractivity contribution is 0.129. The first-order chi connectivity index (χ1) is 13.1. The summed E-state index contributed by atoms with van der Waals surface area (Å²) in [5, 5.41) is 4.41. The molecular weight excluding hydrogens is 409 g/mol. The van der Waals surface area contributed by atoms with Crippen LogP contribution in [0.2, 0.25) is 5.02 Å². The van der Waals surface area contributed by atoms with Crippen LogP contribution in [0.25, 0.3) is 0 Å². The fourth-order valence-electron chi connectivity index (χ4n) is 2.15. The highest BCUT2D eigenvalue weighted by Gasteiger charge is 2.09. The van der Waals surface area contributed by atoms with E-state index in [0.29, 0.717) is 36.2 Å². The van der Waals surface area contributed by atoms with Gasteiger partial charge >= 0.3 is 0 Å². The smallest absolute Gasteiger partial charge is 0.141 e. The summed E-state index contributed by atoms with van der Waals surface area (Å²) < 4.78 is 11.4. The molecule has 2 rings (SSSR count). The molecule has 0 aliphatic heterocycles. The molecule has 0 amide bonds. The molecule has 0 atom stereocenters. The number of halogens is 3.